The number of amides is 1. The Labute approximate surface area is 134 Å². The number of hydrogen-bond donors (Lipinski definition) is 1. The van der Waals surface area contributed by atoms with Crippen LogP contribution in [0.25, 0.3) is 5.78 Å². The summed E-state index contributed by atoms with van der Waals surface area (Å²) in [5, 5.41) is 11.0. The molecule has 1 fully saturated rings. The monoisotopic (exact) mass is 318 g/mol. The third-order valence-corrected chi connectivity index (χ3v) is 4.30. The molecule has 2 atom stereocenters. The van der Waals surface area contributed by atoms with Gasteiger partial charge >= 0.3 is 0 Å². The van der Waals surface area contributed by atoms with Crippen LogP contribution in [0.4, 0.5) is 0 Å². The summed E-state index contributed by atoms with van der Waals surface area (Å²) in [5.74, 6) is 0.448. The lowest BCUT2D eigenvalue weighted by molar-refractivity contribution is 0.0755. The molecule has 3 heterocycles. The summed E-state index contributed by atoms with van der Waals surface area (Å²) in [6.45, 7) is 8.42. The van der Waals surface area contributed by atoms with Crippen molar-refractivity contribution in [2.45, 2.75) is 32.9 Å². The largest absolute Gasteiger partial charge is 0.378 e. The molecule has 0 saturated carbocycles. The van der Waals surface area contributed by atoms with Crippen molar-refractivity contribution in [3.8, 4) is 0 Å². The van der Waals surface area contributed by atoms with Crippen LogP contribution < -0.4 is 5.32 Å². The first kappa shape index (κ1) is 15.8. The Morgan fingerprint density at radius 3 is 2.87 bits per heavy atom. The Hall–Kier alpha value is -2.06. The van der Waals surface area contributed by atoms with E-state index in [-0.39, 0.29) is 23.9 Å². The molecule has 1 N–H and O–H groups in total. The van der Waals surface area contributed by atoms with Gasteiger partial charge in [-0.25, -0.2) is 4.98 Å². The molecule has 8 heteroatoms. The molecule has 2 aromatic rings. The zero-order chi connectivity index (χ0) is 16.6. The standard InChI is InChI=1S/C15H22N6O2/c1-5-20-7-11(12(8-20)23-4)17-14(22)13-18-19-15-16-9(2)6-10(3)21(13)15/h6,11-12H,5,7-8H2,1-4H3,(H,17,22)/t11-,12-/m1/s1. The highest BCUT2D eigenvalue weighted by atomic mass is 16.5. The maximum atomic E-state index is 12.6. The van der Waals surface area contributed by atoms with E-state index in [1.807, 2.05) is 19.9 Å². The van der Waals surface area contributed by atoms with Gasteiger partial charge in [-0.05, 0) is 26.5 Å². The lowest BCUT2D eigenvalue weighted by Crippen LogP contribution is -2.44. The van der Waals surface area contributed by atoms with Crippen LogP contribution in [-0.4, -0.2) is 69.3 Å². The number of nitrogens with zero attached hydrogens (tertiary/aromatic N) is 5. The molecular weight excluding hydrogens is 296 g/mol. The molecule has 0 radical (unpaired) electrons. The average molecular weight is 318 g/mol. The van der Waals surface area contributed by atoms with Crippen molar-refractivity contribution in [3.05, 3.63) is 23.3 Å². The van der Waals surface area contributed by atoms with E-state index >= 15 is 0 Å². The third-order valence-electron chi connectivity index (χ3n) is 4.30. The Balaban J connectivity index is 1.84. The molecule has 0 unspecified atom stereocenters. The number of methoxy groups -OCH3 is 1. The fourth-order valence-electron chi connectivity index (χ4n) is 3.10. The molecule has 0 spiro atoms. The maximum Gasteiger partial charge on any atom is 0.290 e. The minimum atomic E-state index is -0.253. The van der Waals surface area contributed by atoms with E-state index in [9.17, 15) is 4.79 Å². The molecule has 23 heavy (non-hydrogen) atoms. The number of nitrogens with one attached hydrogen (secondary N) is 1. The van der Waals surface area contributed by atoms with Gasteiger partial charge in [0.05, 0.1) is 12.1 Å². The van der Waals surface area contributed by atoms with Gasteiger partial charge in [0.2, 0.25) is 5.82 Å². The van der Waals surface area contributed by atoms with Crippen LogP contribution in [0.2, 0.25) is 0 Å². The number of hydrogen-bond acceptors (Lipinski definition) is 6. The zero-order valence-electron chi connectivity index (χ0n) is 13.9. The molecule has 1 aliphatic rings. The number of aromatic nitrogens is 4. The van der Waals surface area contributed by atoms with Gasteiger partial charge in [0.25, 0.3) is 11.7 Å². The third kappa shape index (κ3) is 2.91. The highest BCUT2D eigenvalue weighted by molar-refractivity contribution is 5.91. The van der Waals surface area contributed by atoms with Gasteiger partial charge < -0.3 is 10.1 Å². The van der Waals surface area contributed by atoms with Crippen molar-refractivity contribution in [2.24, 2.45) is 0 Å². The summed E-state index contributed by atoms with van der Waals surface area (Å²) in [5.41, 5.74) is 1.73. The summed E-state index contributed by atoms with van der Waals surface area (Å²) >= 11 is 0. The van der Waals surface area contributed by atoms with Crippen LogP contribution >= 0.6 is 0 Å². The second-order valence-corrected chi connectivity index (χ2v) is 5.90. The molecule has 1 amide bonds. The normalized spacial score (nSPS) is 21.9. The highest BCUT2D eigenvalue weighted by Gasteiger charge is 2.34. The molecule has 0 bridgehead atoms. The van der Waals surface area contributed by atoms with Crippen LogP contribution in [0.3, 0.4) is 0 Å². The van der Waals surface area contributed by atoms with Gasteiger partial charge in [0.1, 0.15) is 0 Å². The summed E-state index contributed by atoms with van der Waals surface area (Å²) in [6, 6.07) is 1.85. The SMILES string of the molecule is CCN1C[C@@H](NC(=O)c2nnc3nc(C)cc(C)n23)[C@H](OC)C1. The Morgan fingerprint density at radius 2 is 2.17 bits per heavy atom. The molecular formula is C15H22N6O2. The molecule has 0 aromatic carbocycles. The number of carbonyl (C=O) groups is 1. The van der Waals surface area contributed by atoms with E-state index < -0.39 is 0 Å². The lowest BCUT2D eigenvalue weighted by Gasteiger charge is -2.18. The number of fused-ring (bicyclic) bond motifs is 1. The summed E-state index contributed by atoms with van der Waals surface area (Å²) < 4.78 is 7.17. The molecule has 2 aromatic heterocycles. The van der Waals surface area contributed by atoms with Crippen LogP contribution in [0, 0.1) is 13.8 Å². The molecule has 8 nitrogen and oxygen atoms in total. The lowest BCUT2D eigenvalue weighted by atomic mass is 10.2. The van der Waals surface area contributed by atoms with E-state index in [0.717, 1.165) is 31.0 Å². The first-order valence-electron chi connectivity index (χ1n) is 7.78. The molecule has 1 saturated heterocycles. The van der Waals surface area contributed by atoms with E-state index in [4.69, 9.17) is 4.74 Å². The predicted molar refractivity (Wildman–Crippen MR) is 84.4 cm³/mol. The van der Waals surface area contributed by atoms with Crippen molar-refractivity contribution in [1.29, 1.82) is 0 Å². The van der Waals surface area contributed by atoms with Crippen LogP contribution in [0.5, 0.6) is 0 Å². The summed E-state index contributed by atoms with van der Waals surface area (Å²) in [6.07, 6.45) is -0.0143. The van der Waals surface area contributed by atoms with Gasteiger partial charge in [-0.3, -0.25) is 14.1 Å². The van der Waals surface area contributed by atoms with E-state index in [2.05, 4.69) is 32.3 Å². The van der Waals surface area contributed by atoms with Crippen molar-refractivity contribution in [2.75, 3.05) is 26.7 Å². The quantitative estimate of drug-likeness (QED) is 0.866. The van der Waals surface area contributed by atoms with Crippen molar-refractivity contribution in [1.82, 2.24) is 29.8 Å². The van der Waals surface area contributed by atoms with Crippen LogP contribution in [0.15, 0.2) is 6.07 Å². The fourth-order valence-corrected chi connectivity index (χ4v) is 3.10. The smallest absolute Gasteiger partial charge is 0.290 e. The van der Waals surface area contributed by atoms with Crippen molar-refractivity contribution < 1.29 is 9.53 Å². The van der Waals surface area contributed by atoms with Gasteiger partial charge in [-0.1, -0.05) is 6.92 Å². The van der Waals surface area contributed by atoms with E-state index in [1.165, 1.54) is 0 Å². The minimum absolute atomic E-state index is 0.0143. The maximum absolute atomic E-state index is 12.6. The van der Waals surface area contributed by atoms with Gasteiger partial charge in [0, 0.05) is 31.6 Å². The number of likely N-dealkylation sites (N-methyl/N-ethyl adjacent to an activating group) is 1. The molecule has 0 aliphatic carbocycles. The Kier molecular flexibility index (Phi) is 4.27. The highest BCUT2D eigenvalue weighted by Crippen LogP contribution is 2.14. The average Bonchev–Trinajstić information content (AvgIpc) is 3.10. The number of aryl methyl sites for hydroxylation is 2. The first-order chi connectivity index (χ1) is 11.0. The first-order valence-corrected chi connectivity index (χ1v) is 7.78. The Bertz CT molecular complexity index is 728. The number of carbonyl (C=O) groups excluding carboxylic acids is 1. The number of likely N-dealkylation sites (tertiary alicyclic amines) is 1. The molecule has 124 valence electrons. The number of ether oxygens (including phenoxy) is 1. The summed E-state index contributed by atoms with van der Waals surface area (Å²) in [4.78, 5) is 19.2. The van der Waals surface area contributed by atoms with Crippen LogP contribution in [0.1, 0.15) is 28.9 Å². The second kappa shape index (κ2) is 6.21. The van der Waals surface area contributed by atoms with Crippen molar-refractivity contribution in [3.63, 3.8) is 0 Å². The van der Waals surface area contributed by atoms with E-state index in [0.29, 0.717) is 5.78 Å². The topological polar surface area (TPSA) is 84.7 Å². The molecule has 1 aliphatic heterocycles. The minimum Gasteiger partial charge on any atom is -0.378 e. The Morgan fingerprint density at radius 1 is 1.39 bits per heavy atom. The van der Waals surface area contributed by atoms with Crippen LogP contribution in [-0.2, 0) is 4.74 Å². The van der Waals surface area contributed by atoms with Gasteiger partial charge in [-0.15, -0.1) is 10.2 Å². The fraction of sp³-hybridized carbons (Fsp3) is 0.600. The van der Waals surface area contributed by atoms with Crippen molar-refractivity contribution >= 4 is 11.7 Å². The predicted octanol–water partition coefficient (Wildman–Crippen LogP) is 0.190. The van der Waals surface area contributed by atoms with E-state index in [1.54, 1.807) is 11.5 Å². The number of rotatable bonds is 4. The zero-order valence-corrected chi connectivity index (χ0v) is 13.9. The summed E-state index contributed by atoms with van der Waals surface area (Å²) in [7, 11) is 1.67. The second-order valence-electron chi connectivity index (χ2n) is 5.90. The molecule has 3 rings (SSSR count). The van der Waals surface area contributed by atoms with Gasteiger partial charge in [-0.2, -0.15) is 0 Å². The van der Waals surface area contributed by atoms with Gasteiger partial charge in [0.15, 0.2) is 0 Å².